The van der Waals surface area contributed by atoms with Crippen LogP contribution in [-0.4, -0.2) is 61.6 Å². The molecule has 9 nitrogen and oxygen atoms in total. The maximum absolute atomic E-state index is 13.9. The Kier molecular flexibility index (Phi) is 3.46. The van der Waals surface area contributed by atoms with Gasteiger partial charge in [-0.25, -0.2) is 15.0 Å². The van der Waals surface area contributed by atoms with Gasteiger partial charge in [0.05, 0.1) is 0 Å². The van der Waals surface area contributed by atoms with Gasteiger partial charge in [0.25, 0.3) is 0 Å². The van der Waals surface area contributed by atoms with Crippen LogP contribution in [0, 0.1) is 5.92 Å². The van der Waals surface area contributed by atoms with Crippen molar-refractivity contribution in [1.29, 1.82) is 0 Å². The van der Waals surface area contributed by atoms with Crippen LogP contribution in [-0.2, 0) is 22.3 Å². The van der Waals surface area contributed by atoms with Gasteiger partial charge in [-0.2, -0.15) is 18.3 Å². The zero-order valence-electron chi connectivity index (χ0n) is 15.6. The zero-order chi connectivity index (χ0) is 20.8. The van der Waals surface area contributed by atoms with E-state index < -0.39 is 12.3 Å². The molecule has 2 N–H and O–H groups in total. The first-order valence-corrected chi connectivity index (χ1v) is 9.64. The molecule has 6 rings (SSSR count). The Balaban J connectivity index is 1.29. The molecule has 0 radical (unpaired) electrons. The van der Waals surface area contributed by atoms with Crippen molar-refractivity contribution < 1.29 is 27.0 Å². The number of anilines is 1. The van der Waals surface area contributed by atoms with Crippen molar-refractivity contribution in [1.82, 2.24) is 29.6 Å². The number of aromatic nitrogens is 4. The highest BCUT2D eigenvalue weighted by Gasteiger charge is 2.54. The van der Waals surface area contributed by atoms with Gasteiger partial charge < -0.3 is 15.2 Å². The number of ether oxygens (including phenoxy) is 2. The Morgan fingerprint density at radius 3 is 2.70 bits per heavy atom. The molecule has 13 heteroatoms. The van der Waals surface area contributed by atoms with Gasteiger partial charge in [-0.15, -0.1) is 13.9 Å². The summed E-state index contributed by atoms with van der Waals surface area (Å²) in [5.41, 5.74) is 7.12. The Morgan fingerprint density at radius 1 is 1.10 bits per heavy atom. The number of aryl methyl sites for hydroxylation is 1. The van der Waals surface area contributed by atoms with Gasteiger partial charge in [-0.05, 0) is 12.3 Å². The molecule has 5 heterocycles. The van der Waals surface area contributed by atoms with Crippen LogP contribution in [0.15, 0.2) is 5.76 Å². The maximum Gasteiger partial charge on any atom is 0.586 e. The molecule has 2 aromatic rings. The number of alkyl halides is 4. The first kappa shape index (κ1) is 18.1. The second-order valence-corrected chi connectivity index (χ2v) is 7.96. The van der Waals surface area contributed by atoms with Crippen molar-refractivity contribution in [3.8, 4) is 0 Å². The van der Waals surface area contributed by atoms with E-state index in [0.29, 0.717) is 49.5 Å². The van der Waals surface area contributed by atoms with E-state index in [4.69, 9.17) is 5.73 Å². The third-order valence-corrected chi connectivity index (χ3v) is 5.93. The Labute approximate surface area is 167 Å². The fraction of sp³-hybridized carbons (Fsp3) is 0.588. The SMILES string of the molecule is Nc1nc2c(c3nc(CCN4CC5CN4C(F)(F)C5)nn13)CCC1=C2OC(F)(F)O1. The van der Waals surface area contributed by atoms with Gasteiger partial charge in [0, 0.05) is 44.5 Å². The molecule has 1 aliphatic carbocycles. The molecule has 4 aliphatic rings. The molecule has 2 unspecified atom stereocenters. The highest BCUT2D eigenvalue weighted by Crippen LogP contribution is 2.45. The van der Waals surface area contributed by atoms with Gasteiger partial charge in [-0.1, -0.05) is 0 Å². The van der Waals surface area contributed by atoms with Crippen LogP contribution in [0.3, 0.4) is 0 Å². The Bertz CT molecular complexity index is 1100. The summed E-state index contributed by atoms with van der Waals surface area (Å²) in [6.07, 6.45) is -2.94. The summed E-state index contributed by atoms with van der Waals surface area (Å²) in [6, 6.07) is -2.81. The zero-order valence-corrected chi connectivity index (χ0v) is 15.6. The Morgan fingerprint density at radius 2 is 1.93 bits per heavy atom. The maximum atomic E-state index is 13.9. The van der Waals surface area contributed by atoms with Crippen molar-refractivity contribution in [3.63, 3.8) is 0 Å². The van der Waals surface area contributed by atoms with Gasteiger partial charge in [0.2, 0.25) is 5.95 Å². The number of halogens is 4. The predicted molar refractivity (Wildman–Crippen MR) is 92.6 cm³/mol. The molecule has 160 valence electrons. The van der Waals surface area contributed by atoms with Crippen LogP contribution in [0.1, 0.15) is 29.9 Å². The highest BCUT2D eigenvalue weighted by molar-refractivity contribution is 5.72. The van der Waals surface area contributed by atoms with Gasteiger partial charge in [0.1, 0.15) is 5.69 Å². The van der Waals surface area contributed by atoms with Crippen LogP contribution >= 0.6 is 0 Å². The monoisotopic (exact) mass is 427 g/mol. The van der Waals surface area contributed by atoms with E-state index >= 15 is 0 Å². The van der Waals surface area contributed by atoms with Gasteiger partial charge in [0.15, 0.2) is 23.0 Å². The molecule has 30 heavy (non-hydrogen) atoms. The molecule has 2 bridgehead atoms. The topological polar surface area (TPSA) is 94.0 Å². The van der Waals surface area contributed by atoms with E-state index in [1.54, 1.807) is 5.01 Å². The van der Waals surface area contributed by atoms with E-state index in [9.17, 15) is 17.6 Å². The first-order valence-electron chi connectivity index (χ1n) is 9.64. The molecule has 0 aromatic carbocycles. The number of nitrogens with zero attached hydrogens (tertiary/aromatic N) is 6. The summed E-state index contributed by atoms with van der Waals surface area (Å²) in [5, 5.41) is 7.10. The number of hydrogen-bond donors (Lipinski definition) is 1. The van der Waals surface area contributed by atoms with Crippen LogP contribution in [0.4, 0.5) is 23.5 Å². The number of fused-ring (bicyclic) bond motifs is 6. The lowest BCUT2D eigenvalue weighted by molar-refractivity contribution is -0.330. The second kappa shape index (κ2) is 5.72. The summed E-state index contributed by atoms with van der Waals surface area (Å²) < 4.78 is 65.3. The summed E-state index contributed by atoms with van der Waals surface area (Å²) in [4.78, 5) is 8.66. The summed E-state index contributed by atoms with van der Waals surface area (Å²) in [5.74, 6) is 0.240. The van der Waals surface area contributed by atoms with Gasteiger partial charge >= 0.3 is 12.3 Å². The van der Waals surface area contributed by atoms with E-state index in [0.717, 1.165) is 5.01 Å². The molecule has 2 atom stereocenters. The molecule has 3 aliphatic heterocycles. The van der Waals surface area contributed by atoms with Crippen LogP contribution in [0.2, 0.25) is 0 Å². The van der Waals surface area contributed by atoms with Crippen molar-refractivity contribution in [2.45, 2.75) is 38.0 Å². The lowest BCUT2D eigenvalue weighted by Gasteiger charge is -2.34. The highest BCUT2D eigenvalue weighted by atomic mass is 19.3. The number of allylic oxidation sites excluding steroid dienone is 1. The molecular formula is C17H17F4N7O2. The largest absolute Gasteiger partial charge is 0.586 e. The molecule has 0 spiro atoms. The standard InChI is InChI=1S/C17H17F4N7O2/c18-16(19)5-8-6-26(27(16)7-8)4-3-11-23-14-9-1-2-10-13(30-17(20,21)29-10)12(9)24-15(22)28(14)25-11/h8H,1-7H2,(H2,22,24). The van der Waals surface area contributed by atoms with Crippen molar-refractivity contribution >= 4 is 17.4 Å². The van der Waals surface area contributed by atoms with E-state index in [-0.39, 0.29) is 41.9 Å². The Hall–Kier alpha value is -2.67. The molecule has 0 amide bonds. The quantitative estimate of drug-likeness (QED) is 0.583. The lowest BCUT2D eigenvalue weighted by Crippen LogP contribution is -2.49. The first-order chi connectivity index (χ1) is 14.2. The van der Waals surface area contributed by atoms with Crippen LogP contribution < -0.4 is 5.73 Å². The molecular weight excluding hydrogens is 410 g/mol. The molecule has 2 aromatic heterocycles. The minimum atomic E-state index is -3.74. The van der Waals surface area contributed by atoms with E-state index in [2.05, 4.69) is 24.5 Å². The van der Waals surface area contributed by atoms with E-state index in [1.165, 1.54) is 4.52 Å². The van der Waals surface area contributed by atoms with E-state index in [1.807, 2.05) is 0 Å². The fourth-order valence-electron chi connectivity index (χ4n) is 4.72. The molecule has 0 saturated carbocycles. The van der Waals surface area contributed by atoms with Crippen LogP contribution in [0.5, 0.6) is 0 Å². The number of hydrogen-bond acceptors (Lipinski definition) is 8. The lowest BCUT2D eigenvalue weighted by atomic mass is 10.0. The minimum Gasteiger partial charge on any atom is -0.400 e. The molecule has 2 fully saturated rings. The third kappa shape index (κ3) is 2.57. The average molecular weight is 427 g/mol. The fourth-order valence-corrected chi connectivity index (χ4v) is 4.72. The van der Waals surface area contributed by atoms with Crippen molar-refractivity contribution in [2.24, 2.45) is 5.92 Å². The smallest absolute Gasteiger partial charge is 0.400 e. The van der Waals surface area contributed by atoms with Crippen molar-refractivity contribution in [3.05, 3.63) is 22.8 Å². The normalized spacial score (nSPS) is 28.5. The third-order valence-electron chi connectivity index (χ3n) is 5.93. The average Bonchev–Trinajstić information content (AvgIpc) is 3.38. The number of nitrogens with two attached hydrogens (primary N) is 1. The van der Waals surface area contributed by atoms with Crippen molar-refractivity contribution in [2.75, 3.05) is 25.4 Å². The second-order valence-electron chi connectivity index (χ2n) is 7.96. The minimum absolute atomic E-state index is 0.0301. The van der Waals surface area contributed by atoms with Gasteiger partial charge in [-0.3, -0.25) is 0 Å². The molecule has 2 saturated heterocycles. The summed E-state index contributed by atoms with van der Waals surface area (Å²) in [6.45, 7) is 1.29. The number of hydrazine groups is 1. The number of rotatable bonds is 3. The number of nitrogen functional groups attached to an aromatic ring is 1. The summed E-state index contributed by atoms with van der Waals surface area (Å²) in [7, 11) is 0. The predicted octanol–water partition coefficient (Wildman–Crippen LogP) is 1.61. The van der Waals surface area contributed by atoms with Crippen LogP contribution in [0.25, 0.3) is 11.4 Å². The summed E-state index contributed by atoms with van der Waals surface area (Å²) >= 11 is 0.